The van der Waals surface area contributed by atoms with Gasteiger partial charge in [-0.3, -0.25) is 19.3 Å². The Bertz CT molecular complexity index is 1610. The van der Waals surface area contributed by atoms with Crippen molar-refractivity contribution in [3.63, 3.8) is 0 Å². The fraction of sp³-hybridized carbons (Fsp3) is 0.0769. The highest BCUT2D eigenvalue weighted by Gasteiger charge is 2.20. The minimum Gasteiger partial charge on any atom is -0.374 e. The SMILES string of the molecule is CC(Nc1c(C#N)cnc2cccnc12)c1cc2cccc(Cl)c2c(=O)n1-c1ccccc1. The number of benzene rings is 2. The molecule has 0 radical (unpaired) electrons. The second-order valence-corrected chi connectivity index (χ2v) is 8.05. The normalized spacial score (nSPS) is 11.9. The molecule has 0 fully saturated rings. The van der Waals surface area contributed by atoms with E-state index in [4.69, 9.17) is 11.6 Å². The Hall–Kier alpha value is -4.21. The number of hydrogen-bond donors (Lipinski definition) is 1. The van der Waals surface area contributed by atoms with Crippen molar-refractivity contribution < 1.29 is 0 Å². The lowest BCUT2D eigenvalue weighted by molar-refractivity contribution is 0.778. The second kappa shape index (κ2) is 8.38. The van der Waals surface area contributed by atoms with E-state index < -0.39 is 0 Å². The maximum Gasteiger partial charge on any atom is 0.264 e. The second-order valence-electron chi connectivity index (χ2n) is 7.65. The van der Waals surface area contributed by atoms with E-state index in [0.717, 1.165) is 16.8 Å². The molecule has 0 saturated carbocycles. The van der Waals surface area contributed by atoms with Crippen LogP contribution in [-0.4, -0.2) is 14.5 Å². The first-order valence-electron chi connectivity index (χ1n) is 10.4. The summed E-state index contributed by atoms with van der Waals surface area (Å²) in [5, 5.41) is 14.7. The van der Waals surface area contributed by atoms with Gasteiger partial charge in [0.05, 0.1) is 33.2 Å². The van der Waals surface area contributed by atoms with Gasteiger partial charge in [-0.05, 0) is 48.7 Å². The molecule has 0 spiro atoms. The highest BCUT2D eigenvalue weighted by Crippen LogP contribution is 2.30. The van der Waals surface area contributed by atoms with E-state index in [-0.39, 0.29) is 11.6 Å². The van der Waals surface area contributed by atoms with Gasteiger partial charge in [0.25, 0.3) is 5.56 Å². The largest absolute Gasteiger partial charge is 0.374 e. The molecule has 1 N–H and O–H groups in total. The van der Waals surface area contributed by atoms with Gasteiger partial charge in [-0.25, -0.2) is 0 Å². The smallest absolute Gasteiger partial charge is 0.264 e. The van der Waals surface area contributed by atoms with Crippen LogP contribution in [-0.2, 0) is 0 Å². The molecule has 6 nitrogen and oxygen atoms in total. The molecular formula is C26H18ClN5O. The summed E-state index contributed by atoms with van der Waals surface area (Å²) in [7, 11) is 0. The summed E-state index contributed by atoms with van der Waals surface area (Å²) in [6.07, 6.45) is 3.20. The van der Waals surface area contributed by atoms with Crippen LogP contribution in [0, 0.1) is 11.3 Å². The fourth-order valence-corrected chi connectivity index (χ4v) is 4.31. The van der Waals surface area contributed by atoms with Gasteiger partial charge < -0.3 is 5.32 Å². The molecule has 0 amide bonds. The number of nitriles is 1. The molecule has 0 saturated heterocycles. The van der Waals surface area contributed by atoms with Crippen LogP contribution in [0.4, 0.5) is 5.69 Å². The maximum atomic E-state index is 13.6. The van der Waals surface area contributed by atoms with E-state index in [1.54, 1.807) is 22.9 Å². The zero-order valence-corrected chi connectivity index (χ0v) is 18.4. The third-order valence-corrected chi connectivity index (χ3v) is 5.90. The standard InChI is InChI=1S/C26H18ClN5O/c1-16(31-24-18(14-28)15-30-21-11-6-12-29-25(21)24)22-13-17-7-5-10-20(27)23(17)26(33)32(22)19-8-3-2-4-9-19/h2-13,15-16H,1H3,(H,30,31). The van der Waals surface area contributed by atoms with Crippen molar-refractivity contribution in [3.05, 3.63) is 106 Å². The topological polar surface area (TPSA) is 83.6 Å². The number of nitrogens with one attached hydrogen (secondary N) is 1. The maximum absolute atomic E-state index is 13.6. The fourth-order valence-electron chi connectivity index (χ4n) is 4.04. The van der Waals surface area contributed by atoms with Crippen LogP contribution in [0.1, 0.15) is 24.2 Å². The van der Waals surface area contributed by atoms with Gasteiger partial charge in [-0.15, -0.1) is 0 Å². The Kier molecular flexibility index (Phi) is 5.25. The van der Waals surface area contributed by atoms with Crippen molar-refractivity contribution in [3.8, 4) is 11.8 Å². The van der Waals surface area contributed by atoms with E-state index in [1.165, 1.54) is 6.20 Å². The highest BCUT2D eigenvalue weighted by molar-refractivity contribution is 6.35. The molecule has 33 heavy (non-hydrogen) atoms. The Labute approximate surface area is 194 Å². The zero-order valence-electron chi connectivity index (χ0n) is 17.7. The molecule has 160 valence electrons. The molecule has 1 atom stereocenters. The first kappa shape index (κ1) is 20.7. The first-order valence-corrected chi connectivity index (χ1v) is 10.8. The average molecular weight is 452 g/mol. The molecule has 0 bridgehead atoms. The number of halogens is 1. The molecular weight excluding hydrogens is 434 g/mol. The van der Waals surface area contributed by atoms with Crippen LogP contribution in [0.15, 0.2) is 83.9 Å². The van der Waals surface area contributed by atoms with E-state index in [0.29, 0.717) is 32.7 Å². The molecule has 0 aliphatic carbocycles. The van der Waals surface area contributed by atoms with E-state index in [2.05, 4.69) is 21.4 Å². The molecule has 3 heterocycles. The van der Waals surface area contributed by atoms with Crippen molar-refractivity contribution in [2.75, 3.05) is 5.32 Å². The molecule has 1 unspecified atom stereocenters. The molecule has 3 aromatic heterocycles. The zero-order chi connectivity index (χ0) is 22.9. The average Bonchev–Trinajstić information content (AvgIpc) is 2.84. The summed E-state index contributed by atoms with van der Waals surface area (Å²) in [6, 6.07) is 22.3. The van der Waals surface area contributed by atoms with Crippen LogP contribution >= 0.6 is 11.6 Å². The number of hydrogen-bond acceptors (Lipinski definition) is 5. The van der Waals surface area contributed by atoms with E-state index in [9.17, 15) is 10.1 Å². The lowest BCUT2D eigenvalue weighted by atomic mass is 10.1. The third kappa shape index (κ3) is 3.59. The summed E-state index contributed by atoms with van der Waals surface area (Å²) < 4.78 is 1.66. The summed E-state index contributed by atoms with van der Waals surface area (Å²) >= 11 is 6.41. The van der Waals surface area contributed by atoms with Crippen molar-refractivity contribution in [2.24, 2.45) is 0 Å². The summed E-state index contributed by atoms with van der Waals surface area (Å²) in [4.78, 5) is 22.4. The molecule has 5 rings (SSSR count). The number of para-hydroxylation sites is 1. The third-order valence-electron chi connectivity index (χ3n) is 5.59. The van der Waals surface area contributed by atoms with Gasteiger partial charge in [-0.1, -0.05) is 41.9 Å². The van der Waals surface area contributed by atoms with E-state index in [1.807, 2.05) is 61.5 Å². The van der Waals surface area contributed by atoms with Gasteiger partial charge in [0.2, 0.25) is 0 Å². The number of rotatable bonds is 4. The Morgan fingerprint density at radius 1 is 1.06 bits per heavy atom. The van der Waals surface area contributed by atoms with Gasteiger partial charge in [0.1, 0.15) is 11.6 Å². The highest BCUT2D eigenvalue weighted by atomic mass is 35.5. The first-order chi connectivity index (χ1) is 16.1. The molecule has 2 aromatic carbocycles. The van der Waals surface area contributed by atoms with E-state index >= 15 is 0 Å². The van der Waals surface area contributed by atoms with Gasteiger partial charge in [0, 0.05) is 23.8 Å². The number of nitrogens with zero attached hydrogens (tertiary/aromatic N) is 4. The van der Waals surface area contributed by atoms with Crippen LogP contribution < -0.4 is 10.9 Å². The lowest BCUT2D eigenvalue weighted by Gasteiger charge is -2.23. The number of pyridine rings is 3. The lowest BCUT2D eigenvalue weighted by Crippen LogP contribution is -2.26. The molecule has 0 aliphatic rings. The Balaban J connectivity index is 1.74. The quantitative estimate of drug-likeness (QED) is 0.382. The number of fused-ring (bicyclic) bond motifs is 2. The van der Waals surface area contributed by atoms with Crippen molar-refractivity contribution in [1.29, 1.82) is 5.26 Å². The Morgan fingerprint density at radius 3 is 2.67 bits per heavy atom. The summed E-state index contributed by atoms with van der Waals surface area (Å²) in [6.45, 7) is 1.95. The predicted octanol–water partition coefficient (Wildman–Crippen LogP) is 5.63. The minimum absolute atomic E-state index is 0.203. The van der Waals surface area contributed by atoms with Gasteiger partial charge in [0.15, 0.2) is 0 Å². The Morgan fingerprint density at radius 2 is 1.88 bits per heavy atom. The van der Waals surface area contributed by atoms with Crippen LogP contribution in [0.3, 0.4) is 0 Å². The van der Waals surface area contributed by atoms with Crippen LogP contribution in [0.25, 0.3) is 27.5 Å². The minimum atomic E-state index is -0.346. The van der Waals surface area contributed by atoms with Crippen molar-refractivity contribution in [1.82, 2.24) is 14.5 Å². The number of aromatic nitrogens is 3. The summed E-state index contributed by atoms with van der Waals surface area (Å²) in [5.74, 6) is 0. The van der Waals surface area contributed by atoms with Crippen LogP contribution in [0.5, 0.6) is 0 Å². The van der Waals surface area contributed by atoms with Gasteiger partial charge in [-0.2, -0.15) is 5.26 Å². The molecule has 7 heteroatoms. The monoisotopic (exact) mass is 451 g/mol. The predicted molar refractivity (Wildman–Crippen MR) is 131 cm³/mol. The molecule has 0 aliphatic heterocycles. The molecule has 5 aromatic rings. The van der Waals surface area contributed by atoms with Crippen LogP contribution in [0.2, 0.25) is 5.02 Å². The summed E-state index contributed by atoms with van der Waals surface area (Å²) in [5.41, 5.74) is 3.49. The van der Waals surface area contributed by atoms with Gasteiger partial charge >= 0.3 is 0 Å². The van der Waals surface area contributed by atoms with Crippen molar-refractivity contribution >= 4 is 39.1 Å². The number of anilines is 1. The van der Waals surface area contributed by atoms with Crippen molar-refractivity contribution in [2.45, 2.75) is 13.0 Å².